The lowest BCUT2D eigenvalue weighted by Crippen LogP contribution is -2.41. The number of aromatic nitrogens is 2. The van der Waals surface area contributed by atoms with Gasteiger partial charge in [-0.25, -0.2) is 4.79 Å². The summed E-state index contributed by atoms with van der Waals surface area (Å²) in [5.41, 5.74) is 0.718. The minimum Gasteiger partial charge on any atom is -0.437 e. The molecule has 2 aromatic rings. The maximum absolute atomic E-state index is 12.4. The van der Waals surface area contributed by atoms with Crippen molar-refractivity contribution in [2.24, 2.45) is 0 Å². The summed E-state index contributed by atoms with van der Waals surface area (Å²) in [4.78, 5) is 22.2. The number of amides is 2. The van der Waals surface area contributed by atoms with E-state index in [1.54, 1.807) is 24.3 Å². The molecule has 7 heteroatoms. The minimum absolute atomic E-state index is 0.0677. The van der Waals surface area contributed by atoms with Crippen LogP contribution in [-0.2, 0) is 0 Å². The van der Waals surface area contributed by atoms with Crippen molar-refractivity contribution >= 4 is 23.3 Å². The van der Waals surface area contributed by atoms with Gasteiger partial charge in [0.05, 0.1) is 12.4 Å². The Balaban J connectivity index is 1.63. The maximum Gasteiger partial charge on any atom is 0.322 e. The zero-order chi connectivity index (χ0) is 17.1. The van der Waals surface area contributed by atoms with Gasteiger partial charge in [-0.3, -0.25) is 4.98 Å². The zero-order valence-corrected chi connectivity index (χ0v) is 14.3. The predicted molar refractivity (Wildman–Crippen MR) is 92.6 cm³/mol. The third-order valence-electron chi connectivity index (χ3n) is 4.10. The number of rotatable bonds is 3. The van der Waals surface area contributed by atoms with E-state index >= 15 is 0 Å². The lowest BCUT2D eigenvalue weighted by Gasteiger charge is -2.26. The van der Waals surface area contributed by atoms with Gasteiger partial charge in [-0.2, -0.15) is 4.98 Å². The molecule has 1 aromatic heterocycles. The molecule has 126 valence electrons. The molecule has 2 heterocycles. The first-order chi connectivity index (χ1) is 11.5. The smallest absolute Gasteiger partial charge is 0.322 e. The summed E-state index contributed by atoms with van der Waals surface area (Å²) in [6.45, 7) is 4.15. The molecule has 1 N–H and O–H groups in total. The molecule has 1 aliphatic rings. The summed E-state index contributed by atoms with van der Waals surface area (Å²) in [5.74, 6) is 0.909. The highest BCUT2D eigenvalue weighted by molar-refractivity contribution is 6.29. The Bertz CT molecular complexity index is 713. The largest absolute Gasteiger partial charge is 0.437 e. The van der Waals surface area contributed by atoms with Gasteiger partial charge in [0.15, 0.2) is 5.15 Å². The van der Waals surface area contributed by atoms with Crippen LogP contribution < -0.4 is 10.1 Å². The molecule has 1 saturated heterocycles. The molecule has 0 saturated carbocycles. The minimum atomic E-state index is -0.0677. The van der Waals surface area contributed by atoms with Gasteiger partial charge in [-0.05, 0) is 51.0 Å². The average Bonchev–Trinajstić information content (AvgIpc) is 2.88. The molecular formula is C17H19ClN4O2. The Kier molecular flexibility index (Phi) is 4.85. The Labute approximate surface area is 145 Å². The van der Waals surface area contributed by atoms with E-state index in [-0.39, 0.29) is 23.3 Å². The third kappa shape index (κ3) is 3.76. The fourth-order valence-corrected chi connectivity index (χ4v) is 3.02. The van der Waals surface area contributed by atoms with Crippen molar-refractivity contribution in [1.29, 1.82) is 0 Å². The number of urea groups is 1. The Morgan fingerprint density at radius 3 is 2.50 bits per heavy atom. The molecule has 1 aromatic carbocycles. The van der Waals surface area contributed by atoms with Gasteiger partial charge in [0.25, 0.3) is 0 Å². The van der Waals surface area contributed by atoms with Gasteiger partial charge in [-0.1, -0.05) is 11.6 Å². The highest BCUT2D eigenvalue weighted by atomic mass is 35.5. The number of likely N-dealkylation sites (tertiary alicyclic amines) is 1. The Morgan fingerprint density at radius 1 is 1.21 bits per heavy atom. The molecule has 6 nitrogen and oxygen atoms in total. The Hall–Kier alpha value is -2.34. The molecule has 2 amide bonds. The van der Waals surface area contributed by atoms with E-state index in [1.807, 2.05) is 4.90 Å². The van der Waals surface area contributed by atoms with E-state index in [0.29, 0.717) is 11.6 Å². The average molecular weight is 347 g/mol. The molecule has 1 aliphatic heterocycles. The van der Waals surface area contributed by atoms with Crippen LogP contribution in [0.1, 0.15) is 26.7 Å². The fraction of sp³-hybridized carbons (Fsp3) is 0.353. The lowest BCUT2D eigenvalue weighted by atomic mass is 10.2. The van der Waals surface area contributed by atoms with Crippen LogP contribution >= 0.6 is 11.6 Å². The number of nitrogens with zero attached hydrogens (tertiary/aromatic N) is 3. The molecule has 2 unspecified atom stereocenters. The Morgan fingerprint density at radius 2 is 1.88 bits per heavy atom. The van der Waals surface area contributed by atoms with Crippen molar-refractivity contribution in [2.45, 2.75) is 38.8 Å². The zero-order valence-electron chi connectivity index (χ0n) is 13.6. The highest BCUT2D eigenvalue weighted by Gasteiger charge is 2.31. The summed E-state index contributed by atoms with van der Waals surface area (Å²) in [6, 6.07) is 7.56. The second-order valence-corrected chi connectivity index (χ2v) is 6.31. The fourth-order valence-electron chi connectivity index (χ4n) is 2.89. The summed E-state index contributed by atoms with van der Waals surface area (Å²) >= 11 is 5.77. The van der Waals surface area contributed by atoms with Crippen LogP contribution in [0.25, 0.3) is 0 Å². The van der Waals surface area contributed by atoms with Crippen molar-refractivity contribution in [3.8, 4) is 11.6 Å². The number of carbonyl (C=O) groups is 1. The van der Waals surface area contributed by atoms with E-state index in [2.05, 4.69) is 29.1 Å². The van der Waals surface area contributed by atoms with Gasteiger partial charge in [0.1, 0.15) is 5.75 Å². The normalized spacial score (nSPS) is 20.0. The van der Waals surface area contributed by atoms with Gasteiger partial charge in [-0.15, -0.1) is 0 Å². The van der Waals surface area contributed by atoms with E-state index in [0.717, 1.165) is 18.5 Å². The highest BCUT2D eigenvalue weighted by Crippen LogP contribution is 2.26. The van der Waals surface area contributed by atoms with E-state index in [1.165, 1.54) is 12.4 Å². The molecular weight excluding hydrogens is 328 g/mol. The van der Waals surface area contributed by atoms with Gasteiger partial charge < -0.3 is 15.0 Å². The lowest BCUT2D eigenvalue weighted by molar-refractivity contribution is 0.194. The SMILES string of the molecule is CC1CCC(C)N1C(=O)Nc1ccc(Oc2cncc(Cl)n2)cc1. The van der Waals surface area contributed by atoms with Crippen molar-refractivity contribution in [3.05, 3.63) is 41.8 Å². The number of hydrogen-bond acceptors (Lipinski definition) is 4. The van der Waals surface area contributed by atoms with Crippen LogP contribution in [0, 0.1) is 0 Å². The van der Waals surface area contributed by atoms with Crippen LogP contribution in [0.4, 0.5) is 10.5 Å². The number of benzene rings is 1. The van der Waals surface area contributed by atoms with Crippen LogP contribution in [0.2, 0.25) is 5.15 Å². The molecule has 2 atom stereocenters. The molecule has 0 bridgehead atoms. The topological polar surface area (TPSA) is 67.4 Å². The van der Waals surface area contributed by atoms with E-state index < -0.39 is 0 Å². The predicted octanol–water partition coefficient (Wildman–Crippen LogP) is 4.33. The van der Waals surface area contributed by atoms with E-state index in [9.17, 15) is 4.79 Å². The van der Waals surface area contributed by atoms with Crippen molar-refractivity contribution < 1.29 is 9.53 Å². The molecule has 24 heavy (non-hydrogen) atoms. The number of ether oxygens (including phenoxy) is 1. The molecule has 0 spiro atoms. The number of nitrogens with one attached hydrogen (secondary N) is 1. The van der Waals surface area contributed by atoms with E-state index in [4.69, 9.17) is 16.3 Å². The first-order valence-corrected chi connectivity index (χ1v) is 8.25. The third-order valence-corrected chi connectivity index (χ3v) is 4.28. The number of hydrogen-bond donors (Lipinski definition) is 1. The van der Waals surface area contributed by atoms with Crippen LogP contribution in [0.3, 0.4) is 0 Å². The van der Waals surface area contributed by atoms with Crippen LogP contribution in [0.5, 0.6) is 11.6 Å². The quantitative estimate of drug-likeness (QED) is 0.898. The second kappa shape index (κ2) is 7.05. The molecule has 0 radical (unpaired) electrons. The first kappa shape index (κ1) is 16.5. The van der Waals surface area contributed by atoms with Crippen molar-refractivity contribution in [3.63, 3.8) is 0 Å². The number of halogens is 1. The van der Waals surface area contributed by atoms with Crippen LogP contribution in [0.15, 0.2) is 36.7 Å². The summed E-state index contributed by atoms with van der Waals surface area (Å²) in [5, 5.41) is 3.20. The monoisotopic (exact) mass is 346 g/mol. The van der Waals surface area contributed by atoms with Gasteiger partial charge >= 0.3 is 6.03 Å². The number of anilines is 1. The maximum atomic E-state index is 12.4. The summed E-state index contributed by atoms with van der Waals surface area (Å²) in [6.07, 6.45) is 5.01. The second-order valence-electron chi connectivity index (χ2n) is 5.92. The van der Waals surface area contributed by atoms with Crippen LogP contribution in [-0.4, -0.2) is 33.0 Å². The molecule has 3 rings (SSSR count). The summed E-state index contributed by atoms with van der Waals surface area (Å²) in [7, 11) is 0. The number of carbonyl (C=O) groups excluding carboxylic acids is 1. The van der Waals surface area contributed by atoms with Gasteiger partial charge in [0.2, 0.25) is 5.88 Å². The first-order valence-electron chi connectivity index (χ1n) is 7.87. The summed E-state index contributed by atoms with van der Waals surface area (Å²) < 4.78 is 5.57. The molecule has 1 fully saturated rings. The molecule has 0 aliphatic carbocycles. The van der Waals surface area contributed by atoms with Gasteiger partial charge in [0, 0.05) is 17.8 Å². The van der Waals surface area contributed by atoms with Crippen molar-refractivity contribution in [2.75, 3.05) is 5.32 Å². The van der Waals surface area contributed by atoms with Crippen molar-refractivity contribution in [1.82, 2.24) is 14.9 Å². The standard InChI is InChI=1S/C17H19ClN4O2/c1-11-3-4-12(2)22(11)17(23)20-13-5-7-14(8-6-13)24-16-10-19-9-15(18)21-16/h5-12H,3-4H2,1-2H3,(H,20,23).